The maximum absolute atomic E-state index is 12.1. The lowest BCUT2D eigenvalue weighted by Crippen LogP contribution is -2.43. The molecule has 0 spiro atoms. The molecule has 0 bridgehead atoms. The van der Waals surface area contributed by atoms with E-state index in [9.17, 15) is 4.79 Å². The molecule has 2 heterocycles. The first-order valence-electron chi connectivity index (χ1n) is 8.61. The summed E-state index contributed by atoms with van der Waals surface area (Å²) in [5.41, 5.74) is 0. The number of hydrogen-bond donors (Lipinski definition) is 1. The predicted octanol–water partition coefficient (Wildman–Crippen LogP) is 1.83. The van der Waals surface area contributed by atoms with Gasteiger partial charge in [-0.25, -0.2) is 0 Å². The van der Waals surface area contributed by atoms with Gasteiger partial charge in [0.05, 0.1) is 12.6 Å². The van der Waals surface area contributed by atoms with Gasteiger partial charge < -0.3 is 14.8 Å². The van der Waals surface area contributed by atoms with E-state index in [1.54, 1.807) is 0 Å². The smallest absolute Gasteiger partial charge is 0.234 e. The minimum atomic E-state index is 0.0899. The predicted molar refractivity (Wildman–Crippen MR) is 88.5 cm³/mol. The van der Waals surface area contributed by atoms with Crippen LogP contribution in [0.5, 0.6) is 5.75 Å². The molecule has 2 saturated heterocycles. The lowest BCUT2D eigenvalue weighted by molar-refractivity contribution is -0.123. The van der Waals surface area contributed by atoms with Crippen LogP contribution in [0.15, 0.2) is 30.3 Å². The zero-order valence-corrected chi connectivity index (χ0v) is 13.6. The molecule has 1 aromatic rings. The number of nitrogens with one attached hydrogen (secondary N) is 1. The summed E-state index contributed by atoms with van der Waals surface area (Å²) >= 11 is 0. The summed E-state index contributed by atoms with van der Waals surface area (Å²) in [7, 11) is 0. The zero-order valence-electron chi connectivity index (χ0n) is 13.6. The van der Waals surface area contributed by atoms with E-state index in [2.05, 4.69) is 10.2 Å². The van der Waals surface area contributed by atoms with Gasteiger partial charge in [-0.15, -0.1) is 0 Å². The number of hydrogen-bond acceptors (Lipinski definition) is 4. The Kier molecular flexibility index (Phi) is 5.88. The van der Waals surface area contributed by atoms with Gasteiger partial charge >= 0.3 is 0 Å². The second kappa shape index (κ2) is 8.31. The molecule has 3 rings (SSSR count). The first kappa shape index (κ1) is 16.3. The largest absolute Gasteiger partial charge is 0.492 e. The fraction of sp³-hybridized carbons (Fsp3) is 0.611. The second-order valence-electron chi connectivity index (χ2n) is 6.33. The molecule has 2 fully saturated rings. The van der Waals surface area contributed by atoms with Crippen LogP contribution in [0.2, 0.25) is 0 Å². The van der Waals surface area contributed by atoms with Crippen LogP contribution in [0, 0.1) is 0 Å². The van der Waals surface area contributed by atoms with Crippen molar-refractivity contribution < 1.29 is 14.3 Å². The number of carbonyl (C=O) groups excluding carboxylic acids is 1. The molecule has 0 aromatic heterocycles. The van der Waals surface area contributed by atoms with Gasteiger partial charge in [0.25, 0.3) is 0 Å². The van der Waals surface area contributed by atoms with Gasteiger partial charge in [-0.2, -0.15) is 0 Å². The van der Waals surface area contributed by atoms with Gasteiger partial charge in [-0.05, 0) is 44.4 Å². The van der Waals surface area contributed by atoms with Crippen LogP contribution in [0.3, 0.4) is 0 Å². The van der Waals surface area contributed by atoms with Crippen molar-refractivity contribution in [2.45, 2.75) is 37.8 Å². The van der Waals surface area contributed by atoms with Gasteiger partial charge in [0.1, 0.15) is 12.4 Å². The van der Waals surface area contributed by atoms with Crippen molar-refractivity contribution in [3.05, 3.63) is 30.3 Å². The number of likely N-dealkylation sites (tertiary alicyclic amines) is 1. The first-order valence-corrected chi connectivity index (χ1v) is 8.61. The number of rotatable bonds is 7. The van der Waals surface area contributed by atoms with Gasteiger partial charge in [0, 0.05) is 19.2 Å². The molecule has 0 unspecified atom stereocenters. The fourth-order valence-corrected chi connectivity index (χ4v) is 3.27. The van der Waals surface area contributed by atoms with Crippen molar-refractivity contribution in [3.63, 3.8) is 0 Å². The molecule has 1 N–H and O–H groups in total. The number of nitrogens with zero attached hydrogens (tertiary/aromatic N) is 1. The Labute approximate surface area is 137 Å². The summed E-state index contributed by atoms with van der Waals surface area (Å²) in [6, 6.07) is 10.2. The summed E-state index contributed by atoms with van der Waals surface area (Å²) in [5, 5.41) is 3.00. The molecule has 126 valence electrons. The van der Waals surface area contributed by atoms with Gasteiger partial charge in [-0.3, -0.25) is 9.69 Å². The van der Waals surface area contributed by atoms with Crippen molar-refractivity contribution in [2.75, 3.05) is 32.8 Å². The highest BCUT2D eigenvalue weighted by Crippen LogP contribution is 2.19. The highest BCUT2D eigenvalue weighted by Gasteiger charge is 2.27. The highest BCUT2D eigenvalue weighted by molar-refractivity contribution is 5.78. The molecule has 0 saturated carbocycles. The van der Waals surface area contributed by atoms with E-state index in [0.717, 1.165) is 44.6 Å². The Morgan fingerprint density at radius 3 is 2.91 bits per heavy atom. The first-order chi connectivity index (χ1) is 11.3. The second-order valence-corrected chi connectivity index (χ2v) is 6.33. The maximum atomic E-state index is 12.1. The molecule has 1 amide bonds. The topological polar surface area (TPSA) is 50.8 Å². The van der Waals surface area contributed by atoms with Gasteiger partial charge in [-0.1, -0.05) is 18.2 Å². The molecule has 5 heteroatoms. The number of carbonyl (C=O) groups is 1. The van der Waals surface area contributed by atoms with Crippen molar-refractivity contribution in [3.8, 4) is 5.75 Å². The SMILES string of the molecule is O=C(CN1CCC[C@H]1COc1ccccc1)NC[C@H]1CCCO1. The van der Waals surface area contributed by atoms with E-state index in [-0.39, 0.29) is 12.0 Å². The van der Waals surface area contributed by atoms with E-state index in [0.29, 0.717) is 25.7 Å². The Balaban J connectivity index is 1.40. The Morgan fingerprint density at radius 1 is 1.26 bits per heavy atom. The van der Waals surface area contributed by atoms with Crippen LogP contribution in [0.1, 0.15) is 25.7 Å². The molecule has 2 aliphatic heterocycles. The Morgan fingerprint density at radius 2 is 2.13 bits per heavy atom. The third kappa shape index (κ3) is 4.94. The van der Waals surface area contributed by atoms with Crippen molar-refractivity contribution in [2.24, 2.45) is 0 Å². The van der Waals surface area contributed by atoms with Crippen LogP contribution < -0.4 is 10.1 Å². The average Bonchev–Trinajstić information content (AvgIpc) is 3.24. The minimum absolute atomic E-state index is 0.0899. The molecule has 23 heavy (non-hydrogen) atoms. The minimum Gasteiger partial charge on any atom is -0.492 e. The van der Waals surface area contributed by atoms with Crippen molar-refractivity contribution >= 4 is 5.91 Å². The van der Waals surface area contributed by atoms with Crippen LogP contribution in [-0.2, 0) is 9.53 Å². The third-order valence-corrected chi connectivity index (χ3v) is 4.58. The van der Waals surface area contributed by atoms with E-state index < -0.39 is 0 Å². The van der Waals surface area contributed by atoms with E-state index in [1.165, 1.54) is 0 Å². The van der Waals surface area contributed by atoms with Crippen LogP contribution in [0.4, 0.5) is 0 Å². The number of ether oxygens (including phenoxy) is 2. The van der Waals surface area contributed by atoms with Crippen LogP contribution in [0.25, 0.3) is 0 Å². The summed E-state index contributed by atoms with van der Waals surface area (Å²) in [4.78, 5) is 14.4. The van der Waals surface area contributed by atoms with Crippen LogP contribution in [-0.4, -0.2) is 55.8 Å². The normalized spacial score (nSPS) is 24.7. The number of benzene rings is 1. The summed E-state index contributed by atoms with van der Waals surface area (Å²) in [6.45, 7) is 3.53. The lowest BCUT2D eigenvalue weighted by Gasteiger charge is -2.24. The monoisotopic (exact) mass is 318 g/mol. The Bertz CT molecular complexity index is 488. The van der Waals surface area contributed by atoms with Gasteiger partial charge in [0.15, 0.2) is 0 Å². The molecule has 2 aliphatic rings. The quantitative estimate of drug-likeness (QED) is 0.833. The number of amides is 1. The zero-order chi connectivity index (χ0) is 15.9. The average molecular weight is 318 g/mol. The van der Waals surface area contributed by atoms with Crippen LogP contribution >= 0.6 is 0 Å². The fourth-order valence-electron chi connectivity index (χ4n) is 3.27. The van der Waals surface area contributed by atoms with Crippen molar-refractivity contribution in [1.29, 1.82) is 0 Å². The summed E-state index contributed by atoms with van der Waals surface area (Å²) in [5.74, 6) is 0.981. The van der Waals surface area contributed by atoms with E-state index in [4.69, 9.17) is 9.47 Å². The van der Waals surface area contributed by atoms with E-state index in [1.807, 2.05) is 30.3 Å². The van der Waals surface area contributed by atoms with Crippen molar-refractivity contribution in [1.82, 2.24) is 10.2 Å². The molecule has 1 aromatic carbocycles. The highest BCUT2D eigenvalue weighted by atomic mass is 16.5. The third-order valence-electron chi connectivity index (χ3n) is 4.58. The summed E-state index contributed by atoms with van der Waals surface area (Å²) in [6.07, 6.45) is 4.58. The molecule has 5 nitrogen and oxygen atoms in total. The number of para-hydroxylation sites is 1. The molecule has 0 radical (unpaired) electrons. The molecular weight excluding hydrogens is 292 g/mol. The summed E-state index contributed by atoms with van der Waals surface area (Å²) < 4.78 is 11.4. The van der Waals surface area contributed by atoms with E-state index >= 15 is 0 Å². The van der Waals surface area contributed by atoms with Gasteiger partial charge in [0.2, 0.25) is 5.91 Å². The lowest BCUT2D eigenvalue weighted by atomic mass is 10.2. The molecule has 2 atom stereocenters. The molecular formula is C18H26N2O3. The standard InChI is InChI=1S/C18H26N2O3/c21-18(19-12-17-9-5-11-22-17)13-20-10-4-6-15(20)14-23-16-7-2-1-3-8-16/h1-3,7-8,15,17H,4-6,9-14H2,(H,19,21)/t15-,17+/m0/s1. The Hall–Kier alpha value is -1.59. The maximum Gasteiger partial charge on any atom is 0.234 e. The molecule has 0 aliphatic carbocycles.